The van der Waals surface area contributed by atoms with Gasteiger partial charge in [0.1, 0.15) is 0 Å². The van der Waals surface area contributed by atoms with Crippen molar-refractivity contribution in [2.75, 3.05) is 13.2 Å². The maximum atomic E-state index is 8.74. The fourth-order valence-corrected chi connectivity index (χ4v) is 0.452. The third-order valence-electron chi connectivity index (χ3n) is 0.804. The molecule has 1 fully saturated rings. The van der Waals surface area contributed by atoms with Gasteiger partial charge in [0.25, 0.3) is 0 Å². The van der Waals surface area contributed by atoms with E-state index < -0.39 is 6.08 Å². The predicted molar refractivity (Wildman–Crippen MR) is 21.4 cm³/mol. The molecular formula is C4H8O2. The first-order valence-electron chi connectivity index (χ1n) is 2.51. The molecule has 36 valence electrons. The van der Waals surface area contributed by atoms with E-state index in [9.17, 15) is 0 Å². The van der Waals surface area contributed by atoms with Crippen LogP contribution in [-0.2, 0) is 4.74 Å². The van der Waals surface area contributed by atoms with Crippen LogP contribution in [0.15, 0.2) is 0 Å². The minimum absolute atomic E-state index is 0.174. The summed E-state index contributed by atoms with van der Waals surface area (Å²) in [7, 11) is 0. The van der Waals surface area contributed by atoms with Crippen molar-refractivity contribution in [3.05, 3.63) is 0 Å². The minimum Gasteiger partial charge on any atom is -0.391 e. The van der Waals surface area contributed by atoms with Crippen LogP contribution < -0.4 is 0 Å². The lowest BCUT2D eigenvalue weighted by Crippen LogP contribution is -2.02. The summed E-state index contributed by atoms with van der Waals surface area (Å²) >= 11 is 0. The summed E-state index contributed by atoms with van der Waals surface area (Å²) in [5.74, 6) is 0. The fourth-order valence-electron chi connectivity index (χ4n) is 0.452. The van der Waals surface area contributed by atoms with E-state index in [1.807, 2.05) is 0 Å². The molecule has 1 heterocycles. The van der Waals surface area contributed by atoms with Crippen LogP contribution >= 0.6 is 0 Å². The Morgan fingerprint density at radius 3 is 3.00 bits per heavy atom. The van der Waals surface area contributed by atoms with Crippen molar-refractivity contribution in [1.29, 1.82) is 0 Å². The molecule has 1 saturated heterocycles. The van der Waals surface area contributed by atoms with E-state index >= 15 is 0 Å². The maximum absolute atomic E-state index is 8.74. The molecule has 2 nitrogen and oxygen atoms in total. The van der Waals surface area contributed by atoms with Crippen LogP contribution in [0.3, 0.4) is 0 Å². The van der Waals surface area contributed by atoms with Gasteiger partial charge < -0.3 is 9.84 Å². The SMILES string of the molecule is [2H][C@@]1(O)CCOC1. The Labute approximate surface area is 38.1 Å². The Kier molecular flexibility index (Phi) is 0.787. The van der Waals surface area contributed by atoms with Crippen molar-refractivity contribution in [3.8, 4) is 0 Å². The second-order valence-corrected chi connectivity index (χ2v) is 1.37. The molecule has 0 aromatic rings. The van der Waals surface area contributed by atoms with Crippen molar-refractivity contribution in [2.24, 2.45) is 0 Å². The Morgan fingerprint density at radius 2 is 2.83 bits per heavy atom. The van der Waals surface area contributed by atoms with Crippen LogP contribution in [0.5, 0.6) is 0 Å². The van der Waals surface area contributed by atoms with Crippen LogP contribution in [0.1, 0.15) is 7.79 Å². The van der Waals surface area contributed by atoms with E-state index in [1.165, 1.54) is 0 Å². The first-order valence-corrected chi connectivity index (χ1v) is 2.01. The summed E-state index contributed by atoms with van der Waals surface area (Å²) in [5.41, 5.74) is 0. The molecule has 0 aromatic heterocycles. The van der Waals surface area contributed by atoms with Gasteiger partial charge >= 0.3 is 0 Å². The molecule has 0 saturated carbocycles. The summed E-state index contributed by atoms with van der Waals surface area (Å²) in [6, 6.07) is 0. The van der Waals surface area contributed by atoms with Gasteiger partial charge in [-0.3, -0.25) is 0 Å². The molecular weight excluding hydrogens is 80.0 g/mol. The molecule has 0 amide bonds. The van der Waals surface area contributed by atoms with Crippen LogP contribution in [0, 0.1) is 0 Å². The lowest BCUT2D eigenvalue weighted by Gasteiger charge is -1.89. The van der Waals surface area contributed by atoms with Crippen molar-refractivity contribution >= 4 is 0 Å². The zero-order valence-corrected chi connectivity index (χ0v) is 3.48. The number of hydrogen-bond acceptors (Lipinski definition) is 2. The summed E-state index contributed by atoms with van der Waals surface area (Å²) in [5, 5.41) is 8.74. The van der Waals surface area contributed by atoms with Crippen LogP contribution in [0.25, 0.3) is 0 Å². The van der Waals surface area contributed by atoms with E-state index in [-0.39, 0.29) is 6.61 Å². The quantitative estimate of drug-likeness (QED) is 0.444. The predicted octanol–water partition coefficient (Wildman–Crippen LogP) is -0.232. The molecule has 1 atom stereocenters. The zero-order valence-electron chi connectivity index (χ0n) is 4.48. The largest absolute Gasteiger partial charge is 0.391 e. The highest BCUT2D eigenvalue weighted by atomic mass is 16.5. The van der Waals surface area contributed by atoms with Gasteiger partial charge in [-0.05, 0) is 6.42 Å². The normalized spacial score (nSPS) is 49.2. The first-order chi connectivity index (χ1) is 3.21. The minimum atomic E-state index is -1.28. The average Bonchev–Trinajstić information content (AvgIpc) is 1.84. The number of ether oxygens (including phenoxy) is 1. The molecule has 2 heteroatoms. The first kappa shape index (κ1) is 2.99. The molecule has 1 aliphatic heterocycles. The van der Waals surface area contributed by atoms with Gasteiger partial charge in [-0.25, -0.2) is 0 Å². The molecule has 1 rings (SSSR count). The molecule has 0 aliphatic carbocycles. The number of hydrogen-bond donors (Lipinski definition) is 1. The van der Waals surface area contributed by atoms with Gasteiger partial charge in [-0.2, -0.15) is 0 Å². The summed E-state index contributed by atoms with van der Waals surface area (Å²) < 4.78 is 11.6. The summed E-state index contributed by atoms with van der Waals surface area (Å²) in [6.45, 7) is 0.701. The van der Waals surface area contributed by atoms with E-state index in [0.717, 1.165) is 0 Å². The smallest absolute Gasteiger partial charge is 0.0795 e. The molecule has 1 N–H and O–H groups in total. The molecule has 0 spiro atoms. The molecule has 0 unspecified atom stereocenters. The Bertz CT molecular complexity index is 64.1. The van der Waals surface area contributed by atoms with Gasteiger partial charge in [0.2, 0.25) is 0 Å². The highest BCUT2D eigenvalue weighted by Gasteiger charge is 2.09. The van der Waals surface area contributed by atoms with Crippen molar-refractivity contribution < 1.29 is 11.2 Å². The van der Waals surface area contributed by atoms with E-state index in [1.54, 1.807) is 0 Å². The lowest BCUT2D eigenvalue weighted by atomic mass is 10.3. The second-order valence-electron chi connectivity index (χ2n) is 1.37. The van der Waals surface area contributed by atoms with Crippen LogP contribution in [-0.4, -0.2) is 24.4 Å². The maximum Gasteiger partial charge on any atom is 0.0795 e. The van der Waals surface area contributed by atoms with E-state index in [2.05, 4.69) is 0 Å². The molecule has 6 heavy (non-hydrogen) atoms. The fraction of sp³-hybridized carbons (Fsp3) is 1.00. The second kappa shape index (κ2) is 1.58. The zero-order chi connectivity index (χ0) is 5.33. The van der Waals surface area contributed by atoms with Crippen molar-refractivity contribution in [1.82, 2.24) is 0 Å². The monoisotopic (exact) mass is 89.1 g/mol. The average molecular weight is 89.1 g/mol. The van der Waals surface area contributed by atoms with Gasteiger partial charge in [-0.1, -0.05) is 0 Å². The summed E-state index contributed by atoms with van der Waals surface area (Å²) in [4.78, 5) is 0. The third-order valence-corrected chi connectivity index (χ3v) is 0.804. The van der Waals surface area contributed by atoms with Crippen molar-refractivity contribution in [3.63, 3.8) is 0 Å². The van der Waals surface area contributed by atoms with Crippen LogP contribution in [0.2, 0.25) is 0 Å². The Morgan fingerprint density at radius 1 is 2.00 bits per heavy atom. The molecule has 1 aliphatic rings. The highest BCUT2D eigenvalue weighted by molar-refractivity contribution is 4.58. The van der Waals surface area contributed by atoms with Gasteiger partial charge in [0, 0.05) is 6.61 Å². The number of rotatable bonds is 0. The van der Waals surface area contributed by atoms with Gasteiger partial charge in [0.05, 0.1) is 14.1 Å². The Hall–Kier alpha value is -0.0800. The van der Waals surface area contributed by atoms with E-state index in [0.29, 0.717) is 13.0 Å². The molecule has 0 aromatic carbocycles. The summed E-state index contributed by atoms with van der Waals surface area (Å²) in [6.07, 6.45) is -0.826. The van der Waals surface area contributed by atoms with Crippen molar-refractivity contribution in [2.45, 2.75) is 12.5 Å². The topological polar surface area (TPSA) is 29.5 Å². The van der Waals surface area contributed by atoms with E-state index in [4.69, 9.17) is 11.2 Å². The van der Waals surface area contributed by atoms with Gasteiger partial charge in [0.15, 0.2) is 0 Å². The highest BCUT2D eigenvalue weighted by Crippen LogP contribution is 2.00. The molecule has 0 bridgehead atoms. The number of aliphatic hydroxyl groups is 1. The third kappa shape index (κ3) is 0.698. The Balaban J connectivity index is 2.40. The lowest BCUT2D eigenvalue weighted by molar-refractivity contribution is 0.127. The van der Waals surface area contributed by atoms with Gasteiger partial charge in [-0.15, -0.1) is 0 Å². The van der Waals surface area contributed by atoms with Crippen LogP contribution in [0.4, 0.5) is 0 Å². The standard InChI is InChI=1S/C4H8O2/c5-4-1-2-6-3-4/h4-5H,1-3H2/t4-/m1/s1/i4D. The molecule has 0 radical (unpaired) electrons.